The highest BCUT2D eigenvalue weighted by Crippen LogP contribution is 2.39. The molecular formula is C31H33NO2. The van der Waals surface area contributed by atoms with Crippen LogP contribution in [0.3, 0.4) is 0 Å². The van der Waals surface area contributed by atoms with E-state index in [1.54, 1.807) is 0 Å². The molecule has 0 radical (unpaired) electrons. The first-order chi connectivity index (χ1) is 16.7. The minimum Gasteiger partial charge on any atom is -0.462 e. The number of fused-ring (bicyclic) bond motifs is 1. The molecule has 1 aliphatic rings. The van der Waals surface area contributed by atoms with Crippen LogP contribution in [-0.2, 0) is 11.2 Å². The maximum atomic E-state index is 13.5. The van der Waals surface area contributed by atoms with Crippen molar-refractivity contribution in [3.63, 3.8) is 0 Å². The van der Waals surface area contributed by atoms with E-state index < -0.39 is 0 Å². The largest absolute Gasteiger partial charge is 0.462 e. The molecule has 1 heterocycles. The van der Waals surface area contributed by atoms with Crippen molar-refractivity contribution < 1.29 is 9.53 Å². The zero-order valence-corrected chi connectivity index (χ0v) is 20.2. The molecule has 3 heteroatoms. The summed E-state index contributed by atoms with van der Waals surface area (Å²) >= 11 is 0. The molecular weight excluding hydrogens is 418 g/mol. The number of esters is 1. The SMILES string of the molecule is CCOC(=O)c1c(CC2CCCCC2)c(C)n(-c2cccc3ccccc23)c1-c1ccccc1. The van der Waals surface area contributed by atoms with E-state index in [4.69, 9.17) is 4.74 Å². The van der Waals surface area contributed by atoms with Gasteiger partial charge >= 0.3 is 5.97 Å². The normalized spacial score (nSPS) is 14.4. The number of carbonyl (C=O) groups excluding carboxylic acids is 1. The maximum Gasteiger partial charge on any atom is 0.340 e. The van der Waals surface area contributed by atoms with Gasteiger partial charge in [0.2, 0.25) is 0 Å². The van der Waals surface area contributed by atoms with Crippen molar-refractivity contribution >= 4 is 16.7 Å². The predicted molar refractivity (Wildman–Crippen MR) is 140 cm³/mol. The lowest BCUT2D eigenvalue weighted by Gasteiger charge is -2.22. The van der Waals surface area contributed by atoms with Crippen molar-refractivity contribution in [2.24, 2.45) is 5.92 Å². The molecule has 3 aromatic carbocycles. The Bertz CT molecular complexity index is 1290. The van der Waals surface area contributed by atoms with Gasteiger partial charge in [-0.05, 0) is 48.8 Å². The van der Waals surface area contributed by atoms with Gasteiger partial charge in [0.25, 0.3) is 0 Å². The molecule has 0 bridgehead atoms. The van der Waals surface area contributed by atoms with Gasteiger partial charge in [-0.25, -0.2) is 4.79 Å². The molecule has 0 aliphatic heterocycles. The molecule has 1 aliphatic carbocycles. The second kappa shape index (κ2) is 9.89. The smallest absolute Gasteiger partial charge is 0.340 e. The highest BCUT2D eigenvalue weighted by atomic mass is 16.5. The van der Waals surface area contributed by atoms with Gasteiger partial charge in [-0.1, -0.05) is 98.8 Å². The molecule has 174 valence electrons. The molecule has 3 nitrogen and oxygen atoms in total. The number of hydrogen-bond acceptors (Lipinski definition) is 2. The van der Waals surface area contributed by atoms with Crippen LogP contribution in [0.5, 0.6) is 0 Å². The third-order valence-corrected chi connectivity index (χ3v) is 7.29. The number of carbonyl (C=O) groups is 1. The van der Waals surface area contributed by atoms with Gasteiger partial charge < -0.3 is 9.30 Å². The molecule has 0 amide bonds. The third kappa shape index (κ3) is 4.16. The van der Waals surface area contributed by atoms with E-state index in [1.165, 1.54) is 42.9 Å². The molecule has 34 heavy (non-hydrogen) atoms. The molecule has 0 N–H and O–H groups in total. The van der Waals surface area contributed by atoms with Gasteiger partial charge in [0.1, 0.15) is 0 Å². The van der Waals surface area contributed by atoms with Crippen molar-refractivity contribution in [1.29, 1.82) is 0 Å². The molecule has 1 saturated carbocycles. The summed E-state index contributed by atoms with van der Waals surface area (Å²) in [6, 6.07) is 25.2. The Morgan fingerprint density at radius 3 is 2.38 bits per heavy atom. The first-order valence-electron chi connectivity index (χ1n) is 12.6. The molecule has 0 saturated heterocycles. The van der Waals surface area contributed by atoms with Crippen molar-refractivity contribution in [3.8, 4) is 16.9 Å². The topological polar surface area (TPSA) is 31.2 Å². The first kappa shape index (κ1) is 22.5. The number of benzene rings is 3. The molecule has 0 unspecified atom stereocenters. The summed E-state index contributed by atoms with van der Waals surface area (Å²) < 4.78 is 7.97. The number of rotatable bonds is 6. The van der Waals surface area contributed by atoms with Crippen molar-refractivity contribution in [2.45, 2.75) is 52.4 Å². The van der Waals surface area contributed by atoms with Crippen LogP contribution in [0, 0.1) is 12.8 Å². The predicted octanol–water partition coefficient (Wildman–Crippen LogP) is 7.91. The van der Waals surface area contributed by atoms with E-state index in [0.717, 1.165) is 40.2 Å². The summed E-state index contributed by atoms with van der Waals surface area (Å²) in [6.07, 6.45) is 7.30. The van der Waals surface area contributed by atoms with Crippen molar-refractivity contribution in [2.75, 3.05) is 6.61 Å². The van der Waals surface area contributed by atoms with E-state index in [9.17, 15) is 4.79 Å². The average Bonchev–Trinajstić information content (AvgIpc) is 3.16. The van der Waals surface area contributed by atoms with Crippen LogP contribution in [0.1, 0.15) is 60.6 Å². The quantitative estimate of drug-likeness (QED) is 0.279. The standard InChI is InChI=1S/C31H33NO2/c1-3-34-31(33)29-27(21-23-13-6-4-7-14-23)22(2)32(30(29)25-16-8-5-9-17-25)28-20-12-18-24-15-10-11-19-26(24)28/h5,8-12,15-20,23H,3-4,6-7,13-14,21H2,1-2H3. The van der Waals surface area contributed by atoms with E-state index >= 15 is 0 Å². The van der Waals surface area contributed by atoms with Crippen LogP contribution < -0.4 is 0 Å². The number of ether oxygens (including phenoxy) is 1. The van der Waals surface area contributed by atoms with Gasteiger partial charge in [-0.15, -0.1) is 0 Å². The van der Waals surface area contributed by atoms with Crippen LogP contribution in [0.25, 0.3) is 27.7 Å². The molecule has 1 fully saturated rings. The highest BCUT2D eigenvalue weighted by molar-refractivity contribution is 6.01. The Kier molecular flexibility index (Phi) is 6.53. The first-order valence-corrected chi connectivity index (χ1v) is 12.6. The summed E-state index contributed by atoms with van der Waals surface area (Å²) in [6.45, 7) is 4.43. The van der Waals surface area contributed by atoms with Crippen molar-refractivity contribution in [3.05, 3.63) is 89.6 Å². The summed E-state index contributed by atoms with van der Waals surface area (Å²) in [5.41, 5.74) is 6.12. The monoisotopic (exact) mass is 451 g/mol. The average molecular weight is 452 g/mol. The number of aromatic nitrogens is 1. The Labute approximate surface area is 202 Å². The summed E-state index contributed by atoms with van der Waals surface area (Å²) in [5.74, 6) is 0.405. The maximum absolute atomic E-state index is 13.5. The van der Waals surface area contributed by atoms with Crippen molar-refractivity contribution in [1.82, 2.24) is 4.57 Å². The molecule has 5 rings (SSSR count). The summed E-state index contributed by atoms with van der Waals surface area (Å²) in [5, 5.41) is 2.37. The van der Waals surface area contributed by atoms with Gasteiger partial charge in [0.15, 0.2) is 0 Å². The van der Waals surface area contributed by atoms with Crippen LogP contribution in [-0.4, -0.2) is 17.1 Å². The fourth-order valence-electron chi connectivity index (χ4n) is 5.67. The highest BCUT2D eigenvalue weighted by Gasteiger charge is 2.30. The second-order valence-electron chi connectivity index (χ2n) is 9.42. The third-order valence-electron chi connectivity index (χ3n) is 7.29. The zero-order chi connectivity index (χ0) is 23.5. The van der Waals surface area contributed by atoms with Gasteiger partial charge in [0.05, 0.1) is 23.6 Å². The lowest BCUT2D eigenvalue weighted by molar-refractivity contribution is 0.0526. The van der Waals surface area contributed by atoms with Crippen LogP contribution >= 0.6 is 0 Å². The van der Waals surface area contributed by atoms with E-state index in [2.05, 4.69) is 66.1 Å². The van der Waals surface area contributed by atoms with E-state index in [-0.39, 0.29) is 5.97 Å². The minimum atomic E-state index is -0.214. The zero-order valence-electron chi connectivity index (χ0n) is 20.2. The Hall–Kier alpha value is -3.33. The Morgan fingerprint density at radius 2 is 1.62 bits per heavy atom. The van der Waals surface area contributed by atoms with Crippen LogP contribution in [0.15, 0.2) is 72.8 Å². The molecule has 4 aromatic rings. The summed E-state index contributed by atoms with van der Waals surface area (Å²) in [4.78, 5) is 13.5. The van der Waals surface area contributed by atoms with Gasteiger partial charge in [-0.3, -0.25) is 0 Å². The van der Waals surface area contributed by atoms with Gasteiger partial charge in [0, 0.05) is 11.1 Å². The fraction of sp³-hybridized carbons (Fsp3) is 0.323. The molecule has 1 aromatic heterocycles. The lowest BCUT2D eigenvalue weighted by Crippen LogP contribution is -2.13. The lowest BCUT2D eigenvalue weighted by atomic mass is 9.83. The molecule has 0 atom stereocenters. The number of nitrogens with zero attached hydrogens (tertiary/aromatic N) is 1. The van der Waals surface area contributed by atoms with E-state index in [1.807, 2.05) is 25.1 Å². The van der Waals surface area contributed by atoms with Crippen LogP contribution in [0.2, 0.25) is 0 Å². The van der Waals surface area contributed by atoms with Gasteiger partial charge in [-0.2, -0.15) is 0 Å². The molecule has 0 spiro atoms. The Balaban J connectivity index is 1.81. The number of hydrogen-bond donors (Lipinski definition) is 0. The minimum absolute atomic E-state index is 0.214. The van der Waals surface area contributed by atoms with Crippen LogP contribution in [0.4, 0.5) is 0 Å². The summed E-state index contributed by atoms with van der Waals surface area (Å²) in [7, 11) is 0. The fourth-order valence-corrected chi connectivity index (χ4v) is 5.67. The van der Waals surface area contributed by atoms with E-state index in [0.29, 0.717) is 12.5 Å². The second-order valence-corrected chi connectivity index (χ2v) is 9.42. The Morgan fingerprint density at radius 1 is 0.912 bits per heavy atom.